The molecule has 4 nitrogen and oxygen atoms in total. The first-order valence-electron chi connectivity index (χ1n) is 8.34. The maximum Gasteiger partial charge on any atom is 0.242 e. The number of hydrogen-bond acceptors (Lipinski definition) is 2. The Balaban J connectivity index is 2.32. The van der Waals surface area contributed by atoms with E-state index in [4.69, 9.17) is 0 Å². The van der Waals surface area contributed by atoms with Gasteiger partial charge in [0.05, 0.1) is 0 Å². The van der Waals surface area contributed by atoms with Crippen LogP contribution in [0.3, 0.4) is 0 Å². The van der Waals surface area contributed by atoms with Crippen LogP contribution in [0.2, 0.25) is 0 Å². The first kappa shape index (κ1) is 19.2. The van der Waals surface area contributed by atoms with Crippen molar-refractivity contribution in [2.45, 2.75) is 32.4 Å². The molecule has 0 saturated carbocycles. The highest BCUT2D eigenvalue weighted by molar-refractivity contribution is 9.10. The number of hydrogen-bond donors (Lipinski definition) is 1. The lowest BCUT2D eigenvalue weighted by atomic mass is 10.0. The summed E-state index contributed by atoms with van der Waals surface area (Å²) < 4.78 is 0.952. The fraction of sp³-hybridized carbons (Fsp3) is 0.300. The van der Waals surface area contributed by atoms with Crippen molar-refractivity contribution in [3.8, 4) is 0 Å². The van der Waals surface area contributed by atoms with Gasteiger partial charge in [-0.25, -0.2) is 0 Å². The fourth-order valence-corrected chi connectivity index (χ4v) is 3.20. The van der Waals surface area contributed by atoms with Crippen LogP contribution in [0.4, 0.5) is 0 Å². The zero-order valence-electron chi connectivity index (χ0n) is 14.5. The summed E-state index contributed by atoms with van der Waals surface area (Å²) >= 11 is 3.46. The van der Waals surface area contributed by atoms with Crippen LogP contribution in [0.1, 0.15) is 24.5 Å². The number of amides is 2. The number of nitrogens with zero attached hydrogens (tertiary/aromatic N) is 1. The van der Waals surface area contributed by atoms with Crippen molar-refractivity contribution in [1.29, 1.82) is 0 Å². The van der Waals surface area contributed by atoms with E-state index in [1.165, 1.54) is 0 Å². The molecule has 2 aromatic carbocycles. The Hall–Kier alpha value is -2.14. The standard InChI is InChI=1S/C20H23BrN2O2/c1-3-19(24)23(14-16-10-7-11-17(21)12-16)18(20(25)22-2)13-15-8-5-4-6-9-15/h4-12,18H,3,13-14H2,1-2H3,(H,22,25). The molecule has 0 heterocycles. The Morgan fingerprint density at radius 2 is 1.76 bits per heavy atom. The second kappa shape index (κ2) is 9.37. The number of carbonyl (C=O) groups is 2. The molecule has 0 aliphatic carbocycles. The van der Waals surface area contributed by atoms with Gasteiger partial charge in [0.2, 0.25) is 11.8 Å². The molecule has 132 valence electrons. The van der Waals surface area contributed by atoms with Gasteiger partial charge in [-0.15, -0.1) is 0 Å². The van der Waals surface area contributed by atoms with E-state index < -0.39 is 6.04 Å². The van der Waals surface area contributed by atoms with Crippen molar-refractivity contribution in [2.24, 2.45) is 0 Å². The Kier molecular flexibility index (Phi) is 7.19. The lowest BCUT2D eigenvalue weighted by Gasteiger charge is -2.31. The molecule has 1 unspecified atom stereocenters. The van der Waals surface area contributed by atoms with Crippen LogP contribution >= 0.6 is 15.9 Å². The second-order valence-electron chi connectivity index (χ2n) is 5.82. The van der Waals surface area contributed by atoms with E-state index in [0.717, 1.165) is 15.6 Å². The van der Waals surface area contributed by atoms with E-state index in [9.17, 15) is 9.59 Å². The van der Waals surface area contributed by atoms with E-state index in [0.29, 0.717) is 19.4 Å². The highest BCUT2D eigenvalue weighted by atomic mass is 79.9. The van der Waals surface area contributed by atoms with Crippen LogP contribution in [-0.2, 0) is 22.6 Å². The molecule has 2 rings (SSSR count). The van der Waals surface area contributed by atoms with Crippen LogP contribution in [-0.4, -0.2) is 29.8 Å². The number of rotatable bonds is 7. The topological polar surface area (TPSA) is 49.4 Å². The second-order valence-corrected chi connectivity index (χ2v) is 6.74. The average molecular weight is 403 g/mol. The van der Waals surface area contributed by atoms with Gasteiger partial charge >= 0.3 is 0 Å². The maximum atomic E-state index is 12.6. The summed E-state index contributed by atoms with van der Waals surface area (Å²) in [6.07, 6.45) is 0.844. The predicted octanol–water partition coefficient (Wildman–Crippen LogP) is 3.55. The molecule has 1 atom stereocenters. The summed E-state index contributed by atoms with van der Waals surface area (Å²) in [6, 6.07) is 17.0. The van der Waals surface area contributed by atoms with Crippen molar-refractivity contribution in [3.05, 3.63) is 70.2 Å². The summed E-state index contributed by atoms with van der Waals surface area (Å²) in [4.78, 5) is 26.8. The van der Waals surface area contributed by atoms with Crippen molar-refractivity contribution in [3.63, 3.8) is 0 Å². The molecule has 2 aromatic rings. The molecular formula is C20H23BrN2O2. The van der Waals surface area contributed by atoms with Crippen LogP contribution < -0.4 is 5.32 Å². The summed E-state index contributed by atoms with van der Waals surface area (Å²) in [5.74, 6) is -0.190. The number of carbonyl (C=O) groups excluding carboxylic acids is 2. The molecule has 0 bridgehead atoms. The van der Waals surface area contributed by atoms with Gasteiger partial charge < -0.3 is 10.2 Å². The predicted molar refractivity (Wildman–Crippen MR) is 103 cm³/mol. The zero-order valence-corrected chi connectivity index (χ0v) is 16.1. The van der Waals surface area contributed by atoms with E-state index in [1.54, 1.807) is 11.9 Å². The molecule has 0 saturated heterocycles. The first-order chi connectivity index (χ1) is 12.0. The maximum absolute atomic E-state index is 12.6. The van der Waals surface area contributed by atoms with E-state index in [2.05, 4.69) is 21.2 Å². The third-order valence-corrected chi connectivity index (χ3v) is 4.56. The highest BCUT2D eigenvalue weighted by Crippen LogP contribution is 2.18. The third kappa shape index (κ3) is 5.43. The number of nitrogens with one attached hydrogen (secondary N) is 1. The summed E-state index contributed by atoms with van der Waals surface area (Å²) in [5, 5.41) is 2.70. The quantitative estimate of drug-likeness (QED) is 0.769. The summed E-state index contributed by atoms with van der Waals surface area (Å²) in [7, 11) is 1.61. The van der Waals surface area contributed by atoms with Crippen LogP contribution in [0.15, 0.2) is 59.1 Å². The molecular weight excluding hydrogens is 380 g/mol. The van der Waals surface area contributed by atoms with Gasteiger partial charge in [-0.3, -0.25) is 9.59 Å². The zero-order chi connectivity index (χ0) is 18.2. The molecule has 0 fully saturated rings. The van der Waals surface area contributed by atoms with Crippen molar-refractivity contribution < 1.29 is 9.59 Å². The van der Waals surface area contributed by atoms with Crippen molar-refractivity contribution >= 4 is 27.7 Å². The molecule has 1 N–H and O–H groups in total. The summed E-state index contributed by atoms with van der Waals surface area (Å²) in [6.45, 7) is 2.22. The van der Waals surface area contributed by atoms with Gasteiger partial charge in [-0.1, -0.05) is 65.3 Å². The van der Waals surface area contributed by atoms with Gasteiger partial charge in [0.15, 0.2) is 0 Å². The molecule has 0 aliphatic heterocycles. The van der Waals surface area contributed by atoms with Gasteiger partial charge in [-0.05, 0) is 23.3 Å². The lowest BCUT2D eigenvalue weighted by molar-refractivity contribution is -0.140. The monoisotopic (exact) mass is 402 g/mol. The molecule has 0 spiro atoms. The SMILES string of the molecule is CCC(=O)N(Cc1cccc(Br)c1)C(Cc1ccccc1)C(=O)NC. The molecule has 0 aromatic heterocycles. The number of benzene rings is 2. The average Bonchev–Trinajstić information content (AvgIpc) is 2.64. The van der Waals surface area contributed by atoms with Crippen LogP contribution in [0.25, 0.3) is 0 Å². The Bertz CT molecular complexity index is 719. The Labute approximate surface area is 157 Å². The highest BCUT2D eigenvalue weighted by Gasteiger charge is 2.28. The van der Waals surface area contributed by atoms with E-state index >= 15 is 0 Å². The Morgan fingerprint density at radius 1 is 1.08 bits per heavy atom. The molecule has 2 amide bonds. The number of likely N-dealkylation sites (N-methyl/N-ethyl adjacent to an activating group) is 1. The first-order valence-corrected chi connectivity index (χ1v) is 9.14. The summed E-state index contributed by atoms with van der Waals surface area (Å²) in [5.41, 5.74) is 2.01. The molecule has 25 heavy (non-hydrogen) atoms. The van der Waals surface area contributed by atoms with Gasteiger partial charge in [0.1, 0.15) is 6.04 Å². The van der Waals surface area contributed by atoms with Gasteiger partial charge in [-0.2, -0.15) is 0 Å². The lowest BCUT2D eigenvalue weighted by Crippen LogP contribution is -2.49. The van der Waals surface area contributed by atoms with Crippen LogP contribution in [0, 0.1) is 0 Å². The minimum Gasteiger partial charge on any atom is -0.357 e. The van der Waals surface area contributed by atoms with Crippen molar-refractivity contribution in [1.82, 2.24) is 10.2 Å². The normalized spacial score (nSPS) is 11.6. The Morgan fingerprint density at radius 3 is 2.36 bits per heavy atom. The minimum atomic E-state index is -0.543. The largest absolute Gasteiger partial charge is 0.357 e. The molecule has 5 heteroatoms. The fourth-order valence-electron chi connectivity index (χ4n) is 2.76. The smallest absolute Gasteiger partial charge is 0.242 e. The molecule has 0 aliphatic rings. The molecule has 0 radical (unpaired) electrons. The van der Waals surface area contributed by atoms with E-state index in [-0.39, 0.29) is 11.8 Å². The van der Waals surface area contributed by atoms with Gasteiger partial charge in [0.25, 0.3) is 0 Å². The van der Waals surface area contributed by atoms with Crippen molar-refractivity contribution in [2.75, 3.05) is 7.05 Å². The van der Waals surface area contributed by atoms with Gasteiger partial charge in [0, 0.05) is 30.9 Å². The van der Waals surface area contributed by atoms with E-state index in [1.807, 2.05) is 61.5 Å². The minimum absolute atomic E-state index is 0.0375. The third-order valence-electron chi connectivity index (χ3n) is 4.06. The van der Waals surface area contributed by atoms with Crippen LogP contribution in [0.5, 0.6) is 0 Å². The number of halogens is 1.